The van der Waals surface area contributed by atoms with Crippen LogP contribution in [0.15, 0.2) is 71.6 Å². The van der Waals surface area contributed by atoms with Gasteiger partial charge in [-0.25, -0.2) is 9.37 Å². The van der Waals surface area contributed by atoms with Gasteiger partial charge in [0.2, 0.25) is 0 Å². The largest absolute Gasteiger partial charge is 0.507 e. The third kappa shape index (κ3) is 3.24. The quantitative estimate of drug-likeness (QED) is 0.292. The summed E-state index contributed by atoms with van der Waals surface area (Å²) in [5.41, 5.74) is 2.25. The molecule has 0 aliphatic rings. The smallest absolute Gasteiger partial charge is 0.295 e. The molecule has 0 fully saturated rings. The van der Waals surface area contributed by atoms with Crippen LogP contribution in [0.4, 0.5) is 4.39 Å². The maximum atomic E-state index is 13.2. The molecule has 4 N–H and O–H groups in total. The number of phenolic OH excluding ortho intramolecular Hbond substituents is 2. The van der Waals surface area contributed by atoms with Crippen LogP contribution in [0.1, 0.15) is 0 Å². The number of benzene rings is 4. The first kappa shape index (κ1) is 20.0. The second-order valence-corrected chi connectivity index (χ2v) is 8.66. The van der Waals surface area contributed by atoms with Crippen LogP contribution in [0, 0.1) is 5.82 Å². The fourth-order valence-corrected chi connectivity index (χ4v) is 4.49. The molecule has 0 radical (unpaired) electrons. The fraction of sp³-hybridized carbons (Fsp3) is 0. The summed E-state index contributed by atoms with van der Waals surface area (Å²) in [6.45, 7) is 0. The van der Waals surface area contributed by atoms with Gasteiger partial charge in [0.1, 0.15) is 33.6 Å². The third-order valence-electron chi connectivity index (χ3n) is 5.26. The molecule has 32 heavy (non-hydrogen) atoms. The van der Waals surface area contributed by atoms with E-state index in [0.29, 0.717) is 16.7 Å². The van der Waals surface area contributed by atoms with Gasteiger partial charge in [0.15, 0.2) is 0 Å². The van der Waals surface area contributed by atoms with Crippen LogP contribution in [0.2, 0.25) is 0 Å². The van der Waals surface area contributed by atoms with E-state index in [4.69, 9.17) is 0 Å². The molecule has 1 aromatic heterocycles. The highest BCUT2D eigenvalue weighted by atomic mass is 32.2. The number of imidazole rings is 1. The Kier molecular flexibility index (Phi) is 4.40. The number of rotatable bonds is 3. The average molecular weight is 450 g/mol. The van der Waals surface area contributed by atoms with Gasteiger partial charge in [0.05, 0.1) is 16.5 Å². The number of aromatic hydroxyl groups is 2. The van der Waals surface area contributed by atoms with Crippen molar-refractivity contribution in [2.24, 2.45) is 0 Å². The molecule has 0 aliphatic carbocycles. The first-order valence-electron chi connectivity index (χ1n) is 9.43. The molecule has 160 valence electrons. The number of H-pyrrole nitrogens is 1. The summed E-state index contributed by atoms with van der Waals surface area (Å²) in [6, 6.07) is 16.2. The minimum Gasteiger partial charge on any atom is -0.507 e. The Labute approximate surface area is 181 Å². The predicted octanol–water partition coefficient (Wildman–Crippen LogP) is 4.85. The zero-order valence-corrected chi connectivity index (χ0v) is 17.1. The van der Waals surface area contributed by atoms with Crippen molar-refractivity contribution in [1.29, 1.82) is 0 Å². The third-order valence-corrected chi connectivity index (χ3v) is 6.15. The van der Waals surface area contributed by atoms with Crippen molar-refractivity contribution in [2.75, 3.05) is 0 Å². The lowest BCUT2D eigenvalue weighted by Crippen LogP contribution is -1.99. The van der Waals surface area contributed by atoms with Crippen molar-refractivity contribution >= 4 is 31.9 Å². The minimum atomic E-state index is -4.58. The molecular formula is C23H15FN2O5S. The number of halogens is 1. The molecule has 0 amide bonds. The van der Waals surface area contributed by atoms with Crippen LogP contribution < -0.4 is 0 Å². The molecule has 7 nitrogen and oxygen atoms in total. The van der Waals surface area contributed by atoms with E-state index in [1.54, 1.807) is 24.3 Å². The van der Waals surface area contributed by atoms with E-state index in [1.165, 1.54) is 42.5 Å². The highest BCUT2D eigenvalue weighted by Gasteiger charge is 2.21. The highest BCUT2D eigenvalue weighted by molar-refractivity contribution is 7.86. The van der Waals surface area contributed by atoms with E-state index < -0.39 is 10.1 Å². The zero-order chi connectivity index (χ0) is 22.6. The Morgan fingerprint density at radius 1 is 0.875 bits per heavy atom. The summed E-state index contributed by atoms with van der Waals surface area (Å²) >= 11 is 0. The Bertz CT molecular complexity index is 1630. The molecule has 5 aromatic rings. The van der Waals surface area contributed by atoms with Gasteiger partial charge in [0, 0.05) is 5.39 Å². The maximum Gasteiger partial charge on any atom is 0.295 e. The number of hydrogen-bond donors (Lipinski definition) is 4. The number of phenols is 2. The molecule has 0 aliphatic heterocycles. The van der Waals surface area contributed by atoms with Crippen molar-refractivity contribution in [3.05, 3.63) is 72.5 Å². The fourth-order valence-electron chi connectivity index (χ4n) is 3.78. The van der Waals surface area contributed by atoms with Gasteiger partial charge in [-0.1, -0.05) is 30.3 Å². The number of aromatic amines is 1. The van der Waals surface area contributed by atoms with Gasteiger partial charge in [-0.15, -0.1) is 0 Å². The second-order valence-electron chi connectivity index (χ2n) is 7.27. The molecule has 0 saturated carbocycles. The number of nitrogens with zero attached hydrogens (tertiary/aromatic N) is 1. The van der Waals surface area contributed by atoms with Crippen LogP contribution in [0.25, 0.3) is 44.3 Å². The lowest BCUT2D eigenvalue weighted by molar-refractivity contribution is 0.477. The first-order chi connectivity index (χ1) is 15.2. The number of hydrogen-bond acceptors (Lipinski definition) is 5. The van der Waals surface area contributed by atoms with Crippen LogP contribution in [-0.4, -0.2) is 33.2 Å². The van der Waals surface area contributed by atoms with E-state index >= 15 is 0 Å². The standard InChI is InChI=1S/C23H15FN2O5S/c24-14-7-4-12(5-8-14)13-6-9-15(19(28)10-13)23-25-17-11-20(32(29,30)31)16-2-1-3-18(27)21(16)22(17)26-23/h1-11,27-28H,(H,25,26)(H,29,30,31). The van der Waals surface area contributed by atoms with Gasteiger partial charge in [0.25, 0.3) is 10.1 Å². The van der Waals surface area contributed by atoms with Crippen LogP contribution in [0.5, 0.6) is 11.5 Å². The Balaban J connectivity index is 1.71. The summed E-state index contributed by atoms with van der Waals surface area (Å²) in [6.07, 6.45) is 0. The Morgan fingerprint density at radius 2 is 1.59 bits per heavy atom. The molecule has 0 bridgehead atoms. The monoisotopic (exact) mass is 450 g/mol. The Morgan fingerprint density at radius 3 is 2.28 bits per heavy atom. The van der Waals surface area contributed by atoms with Crippen molar-refractivity contribution in [1.82, 2.24) is 9.97 Å². The SMILES string of the molecule is O=S(=O)(O)c1cc2[nH]c(-c3ccc(-c4ccc(F)cc4)cc3O)nc2c2c(O)cccc12. The highest BCUT2D eigenvalue weighted by Crippen LogP contribution is 2.38. The van der Waals surface area contributed by atoms with Gasteiger partial charge in [-0.3, -0.25) is 4.55 Å². The molecule has 9 heteroatoms. The Hall–Kier alpha value is -3.95. The van der Waals surface area contributed by atoms with Crippen LogP contribution >= 0.6 is 0 Å². The van der Waals surface area contributed by atoms with Crippen LogP contribution in [0.3, 0.4) is 0 Å². The molecule has 0 saturated heterocycles. The van der Waals surface area contributed by atoms with Gasteiger partial charge >= 0.3 is 0 Å². The summed E-state index contributed by atoms with van der Waals surface area (Å²) in [4.78, 5) is 7.04. The number of fused-ring (bicyclic) bond motifs is 3. The predicted molar refractivity (Wildman–Crippen MR) is 118 cm³/mol. The lowest BCUT2D eigenvalue weighted by Gasteiger charge is -2.06. The number of aromatic nitrogens is 2. The minimum absolute atomic E-state index is 0.102. The molecule has 1 heterocycles. The van der Waals surface area contributed by atoms with Crippen molar-refractivity contribution in [3.8, 4) is 34.0 Å². The zero-order valence-electron chi connectivity index (χ0n) is 16.2. The molecule has 0 spiro atoms. The van der Waals surface area contributed by atoms with Gasteiger partial charge < -0.3 is 15.2 Å². The lowest BCUT2D eigenvalue weighted by atomic mass is 10.0. The molecule has 4 aromatic carbocycles. The summed E-state index contributed by atoms with van der Waals surface area (Å²) in [5.74, 6) is -0.432. The van der Waals surface area contributed by atoms with Crippen molar-refractivity contribution in [2.45, 2.75) is 4.90 Å². The molecule has 0 atom stereocenters. The molecule has 0 unspecified atom stereocenters. The maximum absolute atomic E-state index is 13.2. The topological polar surface area (TPSA) is 124 Å². The second kappa shape index (κ2) is 7.04. The number of nitrogens with one attached hydrogen (secondary N) is 1. The normalized spacial score (nSPS) is 11.9. The van der Waals surface area contributed by atoms with E-state index in [-0.39, 0.29) is 49.8 Å². The first-order valence-corrected chi connectivity index (χ1v) is 10.9. The molecule has 5 rings (SSSR count). The van der Waals surface area contributed by atoms with Gasteiger partial charge in [-0.05, 0) is 47.5 Å². The van der Waals surface area contributed by atoms with E-state index in [0.717, 1.165) is 0 Å². The van der Waals surface area contributed by atoms with Crippen molar-refractivity contribution in [3.63, 3.8) is 0 Å². The summed E-state index contributed by atoms with van der Waals surface area (Å²) in [7, 11) is -4.58. The van der Waals surface area contributed by atoms with Crippen LogP contribution in [-0.2, 0) is 10.1 Å². The summed E-state index contributed by atoms with van der Waals surface area (Å²) < 4.78 is 46.6. The summed E-state index contributed by atoms with van der Waals surface area (Å²) in [5, 5.41) is 21.3. The van der Waals surface area contributed by atoms with E-state index in [9.17, 15) is 27.6 Å². The average Bonchev–Trinajstić information content (AvgIpc) is 3.16. The van der Waals surface area contributed by atoms with Crippen molar-refractivity contribution < 1.29 is 27.6 Å². The van der Waals surface area contributed by atoms with Gasteiger partial charge in [-0.2, -0.15) is 8.42 Å². The van der Waals surface area contributed by atoms with E-state index in [1.807, 2.05) is 0 Å². The van der Waals surface area contributed by atoms with E-state index in [2.05, 4.69) is 9.97 Å². The molecular weight excluding hydrogens is 435 g/mol.